The monoisotopic (exact) mass is 373 g/mol. The van der Waals surface area contributed by atoms with E-state index in [0.29, 0.717) is 29.7 Å². The Hall–Kier alpha value is -2.04. The Morgan fingerprint density at radius 1 is 1.19 bits per heavy atom. The maximum absolute atomic E-state index is 12.3. The molecule has 0 radical (unpaired) electrons. The summed E-state index contributed by atoms with van der Waals surface area (Å²) < 4.78 is 10.6. The third-order valence-electron chi connectivity index (χ3n) is 6.02. The van der Waals surface area contributed by atoms with Gasteiger partial charge in [-0.1, -0.05) is 33.3 Å². The summed E-state index contributed by atoms with van der Waals surface area (Å²) in [6, 6.07) is 5.75. The Kier molecular flexibility index (Phi) is 5.78. The summed E-state index contributed by atoms with van der Waals surface area (Å²) in [5, 5.41) is 2.81. The lowest BCUT2D eigenvalue weighted by Gasteiger charge is -2.21. The van der Waals surface area contributed by atoms with Gasteiger partial charge < -0.3 is 14.8 Å². The summed E-state index contributed by atoms with van der Waals surface area (Å²) in [7, 11) is 1.57. The Labute approximate surface area is 161 Å². The number of hydrogen-bond donors (Lipinski definition) is 1. The smallest absolute Gasteiger partial charge is 0.306 e. The van der Waals surface area contributed by atoms with Gasteiger partial charge in [0.25, 0.3) is 5.91 Å². The van der Waals surface area contributed by atoms with E-state index < -0.39 is 0 Å². The normalized spacial score (nSPS) is 23.9. The van der Waals surface area contributed by atoms with Gasteiger partial charge in [0.1, 0.15) is 5.75 Å². The van der Waals surface area contributed by atoms with Crippen LogP contribution in [0.5, 0.6) is 5.75 Å². The van der Waals surface area contributed by atoms with Crippen molar-refractivity contribution in [1.29, 1.82) is 0 Å². The van der Waals surface area contributed by atoms with Crippen molar-refractivity contribution in [3.8, 4) is 5.75 Å². The molecule has 0 aromatic heterocycles. The van der Waals surface area contributed by atoms with Crippen molar-refractivity contribution in [2.45, 2.75) is 58.3 Å². The first kappa shape index (κ1) is 19.7. The first-order chi connectivity index (χ1) is 12.8. The first-order valence-corrected chi connectivity index (χ1v) is 9.90. The molecule has 0 unspecified atom stereocenters. The number of fused-ring (bicyclic) bond motifs is 2. The van der Waals surface area contributed by atoms with E-state index >= 15 is 0 Å². The lowest BCUT2D eigenvalue weighted by Crippen LogP contribution is -2.23. The highest BCUT2D eigenvalue weighted by molar-refractivity contribution is 5.94. The number of nitrogens with one attached hydrogen (secondary N) is 1. The fourth-order valence-corrected chi connectivity index (χ4v) is 4.50. The lowest BCUT2D eigenvalue weighted by atomic mass is 9.86. The Balaban J connectivity index is 1.52. The lowest BCUT2D eigenvalue weighted by molar-refractivity contribution is -0.148. The van der Waals surface area contributed by atoms with Gasteiger partial charge in [-0.3, -0.25) is 9.59 Å². The average Bonchev–Trinajstić information content (AvgIpc) is 3.22. The fourth-order valence-electron chi connectivity index (χ4n) is 4.50. The minimum absolute atomic E-state index is 0.0428. The average molecular weight is 373 g/mol. The van der Waals surface area contributed by atoms with Crippen LogP contribution in [0, 0.1) is 17.8 Å². The molecule has 5 heteroatoms. The number of carbonyl (C=O) groups is 2. The highest BCUT2D eigenvalue weighted by Crippen LogP contribution is 2.49. The molecular weight excluding hydrogens is 342 g/mol. The second-order valence-electron chi connectivity index (χ2n) is 9.01. The molecule has 0 heterocycles. The molecule has 27 heavy (non-hydrogen) atoms. The maximum Gasteiger partial charge on any atom is 0.306 e. The van der Waals surface area contributed by atoms with Crippen molar-refractivity contribution in [2.24, 2.45) is 17.8 Å². The molecule has 2 bridgehead atoms. The van der Waals surface area contributed by atoms with E-state index in [1.165, 1.54) is 19.3 Å². The Morgan fingerprint density at radius 3 is 2.56 bits per heavy atom. The van der Waals surface area contributed by atoms with Crippen LogP contribution < -0.4 is 10.1 Å². The van der Waals surface area contributed by atoms with E-state index in [9.17, 15) is 9.59 Å². The van der Waals surface area contributed by atoms with Crippen molar-refractivity contribution >= 4 is 17.6 Å². The van der Waals surface area contributed by atoms with E-state index in [1.54, 1.807) is 7.11 Å². The summed E-state index contributed by atoms with van der Waals surface area (Å²) in [4.78, 5) is 24.4. The van der Waals surface area contributed by atoms with Crippen LogP contribution in [0.1, 0.15) is 58.4 Å². The van der Waals surface area contributed by atoms with E-state index in [0.717, 1.165) is 17.9 Å². The molecule has 148 valence electrons. The van der Waals surface area contributed by atoms with Crippen LogP contribution in [0.4, 0.5) is 5.69 Å². The van der Waals surface area contributed by atoms with Crippen LogP contribution in [-0.2, 0) is 19.7 Å². The SMILES string of the molecule is COc1ccc(C(C)(C)C)cc1NC(=O)COC(=O)C[C@H]1C[C@@H]2CC[C@@H]1C2. The van der Waals surface area contributed by atoms with E-state index in [-0.39, 0.29) is 23.9 Å². The number of esters is 1. The number of methoxy groups -OCH3 is 1. The molecule has 1 aromatic carbocycles. The minimum Gasteiger partial charge on any atom is -0.495 e. The quantitative estimate of drug-likeness (QED) is 0.755. The summed E-state index contributed by atoms with van der Waals surface area (Å²) in [5.74, 6) is 1.91. The third kappa shape index (κ3) is 4.82. The van der Waals surface area contributed by atoms with Gasteiger partial charge in [-0.05, 0) is 60.1 Å². The molecule has 3 atom stereocenters. The second-order valence-corrected chi connectivity index (χ2v) is 9.01. The van der Waals surface area contributed by atoms with Crippen LogP contribution in [0.2, 0.25) is 0 Å². The van der Waals surface area contributed by atoms with Gasteiger partial charge in [-0.2, -0.15) is 0 Å². The Morgan fingerprint density at radius 2 is 1.96 bits per heavy atom. The van der Waals surface area contributed by atoms with Crippen molar-refractivity contribution in [3.63, 3.8) is 0 Å². The Bertz CT molecular complexity index is 707. The topological polar surface area (TPSA) is 64.6 Å². The van der Waals surface area contributed by atoms with Gasteiger partial charge in [0, 0.05) is 6.42 Å². The number of benzene rings is 1. The van der Waals surface area contributed by atoms with Crippen LogP contribution in [0.3, 0.4) is 0 Å². The summed E-state index contributed by atoms with van der Waals surface area (Å²) in [5.41, 5.74) is 1.64. The summed E-state index contributed by atoms with van der Waals surface area (Å²) in [6.07, 6.45) is 5.41. The van der Waals surface area contributed by atoms with Crippen LogP contribution >= 0.6 is 0 Å². The van der Waals surface area contributed by atoms with Crippen LogP contribution in [0.25, 0.3) is 0 Å². The molecule has 2 aliphatic carbocycles. The molecule has 5 nitrogen and oxygen atoms in total. The van der Waals surface area contributed by atoms with Crippen molar-refractivity contribution in [2.75, 3.05) is 19.0 Å². The molecule has 0 saturated heterocycles. The largest absolute Gasteiger partial charge is 0.495 e. The summed E-state index contributed by atoms with van der Waals surface area (Å²) >= 11 is 0. The molecule has 1 aromatic rings. The molecule has 2 aliphatic rings. The number of amides is 1. The van der Waals surface area contributed by atoms with Crippen molar-refractivity contribution in [3.05, 3.63) is 23.8 Å². The van der Waals surface area contributed by atoms with Crippen molar-refractivity contribution in [1.82, 2.24) is 0 Å². The standard InChI is InChI=1S/C22H31NO4/c1-22(2,3)17-7-8-19(26-4)18(12-17)23-20(24)13-27-21(25)11-16-10-14-5-6-15(16)9-14/h7-8,12,14-16H,5-6,9-11,13H2,1-4H3,(H,23,24)/t14-,15-,16-/m1/s1. The predicted molar refractivity (Wildman–Crippen MR) is 105 cm³/mol. The third-order valence-corrected chi connectivity index (χ3v) is 6.02. The maximum atomic E-state index is 12.3. The van der Waals surface area contributed by atoms with Gasteiger partial charge >= 0.3 is 5.97 Å². The van der Waals surface area contributed by atoms with Crippen LogP contribution in [0.15, 0.2) is 18.2 Å². The van der Waals surface area contributed by atoms with Gasteiger partial charge in [-0.15, -0.1) is 0 Å². The zero-order valence-corrected chi connectivity index (χ0v) is 16.8. The molecule has 2 saturated carbocycles. The minimum atomic E-state index is -0.347. The molecule has 2 fully saturated rings. The van der Waals surface area contributed by atoms with Gasteiger partial charge in [-0.25, -0.2) is 0 Å². The number of anilines is 1. The van der Waals surface area contributed by atoms with Crippen LogP contribution in [-0.4, -0.2) is 25.6 Å². The zero-order chi connectivity index (χ0) is 19.6. The number of ether oxygens (including phenoxy) is 2. The van der Waals surface area contributed by atoms with Crippen molar-refractivity contribution < 1.29 is 19.1 Å². The molecule has 1 amide bonds. The number of carbonyl (C=O) groups excluding carboxylic acids is 2. The van der Waals surface area contributed by atoms with E-state index in [2.05, 4.69) is 26.1 Å². The fraction of sp³-hybridized carbons (Fsp3) is 0.636. The molecule has 1 N–H and O–H groups in total. The van der Waals surface area contributed by atoms with E-state index in [4.69, 9.17) is 9.47 Å². The van der Waals surface area contributed by atoms with Gasteiger partial charge in [0.15, 0.2) is 6.61 Å². The van der Waals surface area contributed by atoms with Gasteiger partial charge in [0.05, 0.1) is 12.8 Å². The zero-order valence-electron chi connectivity index (χ0n) is 16.8. The number of rotatable bonds is 6. The molecule has 3 rings (SSSR count). The predicted octanol–water partition coefficient (Wildman–Crippen LogP) is 4.30. The molecule has 0 spiro atoms. The summed E-state index contributed by atoms with van der Waals surface area (Å²) in [6.45, 7) is 6.07. The highest BCUT2D eigenvalue weighted by atomic mass is 16.5. The second kappa shape index (κ2) is 7.91. The van der Waals surface area contributed by atoms with E-state index in [1.807, 2.05) is 18.2 Å². The molecular formula is C22H31NO4. The van der Waals surface area contributed by atoms with Gasteiger partial charge in [0.2, 0.25) is 0 Å². The first-order valence-electron chi connectivity index (χ1n) is 9.90. The highest BCUT2D eigenvalue weighted by Gasteiger charge is 2.40. The molecule has 0 aliphatic heterocycles. The number of hydrogen-bond acceptors (Lipinski definition) is 4.